The molecular formula is C42H85N5O7. The molecule has 54 heavy (non-hydrogen) atoms. The standard InChI is InChI=1S/2C12H23NO2.C10H19NO3.C7H15N.CH5N/c2*1-5-6-10-7-8-13(9-10)11(14)15-12(2,3)4;1-10(2,3)14-9(13)11-5-4-8(6-11)7-12;1-2-3-7-4-5-8-6-7;1-2/h2*10H,5-9H2,1-4H3;8,12H,4-7H2,1-3H3;7-8H,2-6H2,1H3;2H2,1H3/t2*10-;8-;7-;/m0000./s1. The van der Waals surface area contributed by atoms with Gasteiger partial charge in [0.15, 0.2) is 0 Å². The highest BCUT2D eigenvalue weighted by Gasteiger charge is 2.31. The Morgan fingerprint density at radius 1 is 0.574 bits per heavy atom. The first-order chi connectivity index (χ1) is 25.2. The van der Waals surface area contributed by atoms with Crippen molar-refractivity contribution in [2.24, 2.45) is 29.4 Å². The van der Waals surface area contributed by atoms with Crippen molar-refractivity contribution in [2.75, 3.05) is 66.0 Å². The number of likely N-dealkylation sites (tertiary alicyclic amines) is 3. The van der Waals surface area contributed by atoms with Crippen LogP contribution in [-0.4, -0.2) is 121 Å². The van der Waals surface area contributed by atoms with Gasteiger partial charge in [-0.2, -0.15) is 0 Å². The summed E-state index contributed by atoms with van der Waals surface area (Å²) in [5.74, 6) is 2.59. The molecule has 4 heterocycles. The monoisotopic (exact) mass is 772 g/mol. The molecular weight excluding hydrogens is 686 g/mol. The Morgan fingerprint density at radius 2 is 0.889 bits per heavy atom. The molecule has 4 rings (SSSR count). The van der Waals surface area contributed by atoms with E-state index in [1.54, 1.807) is 4.90 Å². The fourth-order valence-electron chi connectivity index (χ4n) is 6.78. The molecule has 0 saturated carbocycles. The van der Waals surface area contributed by atoms with Gasteiger partial charge in [-0.1, -0.05) is 40.0 Å². The van der Waals surface area contributed by atoms with Crippen LogP contribution in [0, 0.1) is 23.7 Å². The predicted molar refractivity (Wildman–Crippen MR) is 221 cm³/mol. The van der Waals surface area contributed by atoms with Gasteiger partial charge in [0.1, 0.15) is 16.8 Å². The van der Waals surface area contributed by atoms with E-state index in [1.165, 1.54) is 65.1 Å². The molecule has 0 bridgehead atoms. The lowest BCUT2D eigenvalue weighted by molar-refractivity contribution is 0.0274. The molecule has 0 aromatic carbocycles. The molecule has 320 valence electrons. The van der Waals surface area contributed by atoms with E-state index in [2.05, 4.69) is 31.8 Å². The van der Waals surface area contributed by atoms with Crippen molar-refractivity contribution < 1.29 is 33.7 Å². The molecule has 0 radical (unpaired) electrons. The molecule has 3 amide bonds. The second-order valence-electron chi connectivity index (χ2n) is 18.2. The number of aliphatic hydroxyl groups excluding tert-OH is 1. The van der Waals surface area contributed by atoms with Gasteiger partial charge in [-0.15, -0.1) is 0 Å². The Bertz CT molecular complexity index is 970. The van der Waals surface area contributed by atoms with Gasteiger partial charge in [-0.05, 0) is 145 Å². The Balaban J connectivity index is 0.000000696. The van der Waals surface area contributed by atoms with Crippen LogP contribution in [0.1, 0.15) is 147 Å². The normalized spacial score (nSPS) is 22.4. The third-order valence-corrected chi connectivity index (χ3v) is 9.32. The molecule has 0 aliphatic carbocycles. The number of nitrogens with two attached hydrogens (primary N) is 1. The fraction of sp³-hybridized carbons (Fsp3) is 0.929. The van der Waals surface area contributed by atoms with Crippen molar-refractivity contribution in [3.63, 3.8) is 0 Å². The summed E-state index contributed by atoms with van der Waals surface area (Å²) in [5, 5.41) is 12.3. The number of aliphatic hydroxyl groups is 1. The Morgan fingerprint density at radius 3 is 1.15 bits per heavy atom. The molecule has 0 aromatic heterocycles. The molecule has 12 nitrogen and oxygen atoms in total. The van der Waals surface area contributed by atoms with Crippen LogP contribution in [-0.2, 0) is 14.2 Å². The highest BCUT2D eigenvalue weighted by molar-refractivity contribution is 5.69. The minimum Gasteiger partial charge on any atom is -0.444 e. The second kappa shape index (κ2) is 26.5. The van der Waals surface area contributed by atoms with Crippen molar-refractivity contribution in [3.05, 3.63) is 0 Å². The average Bonchev–Trinajstić information content (AvgIpc) is 3.89. The van der Waals surface area contributed by atoms with Crippen LogP contribution < -0.4 is 11.1 Å². The van der Waals surface area contributed by atoms with E-state index < -0.39 is 5.60 Å². The summed E-state index contributed by atoms with van der Waals surface area (Å²) in [4.78, 5) is 40.3. The first-order valence-corrected chi connectivity index (χ1v) is 21.0. The average molecular weight is 772 g/mol. The van der Waals surface area contributed by atoms with Crippen molar-refractivity contribution >= 4 is 18.3 Å². The molecule has 4 fully saturated rings. The number of rotatable bonds is 7. The number of nitrogens with zero attached hydrogens (tertiary/aromatic N) is 3. The molecule has 4 atom stereocenters. The third-order valence-electron chi connectivity index (χ3n) is 9.32. The molecule has 4 saturated heterocycles. The van der Waals surface area contributed by atoms with Crippen molar-refractivity contribution in [3.8, 4) is 0 Å². The lowest BCUT2D eigenvalue weighted by Gasteiger charge is -2.24. The number of hydrogen-bond donors (Lipinski definition) is 3. The van der Waals surface area contributed by atoms with E-state index in [-0.39, 0.29) is 42.0 Å². The van der Waals surface area contributed by atoms with Crippen LogP contribution in [0.15, 0.2) is 0 Å². The molecule has 0 aromatic rings. The number of ether oxygens (including phenoxy) is 3. The van der Waals surface area contributed by atoms with Gasteiger partial charge in [-0.3, -0.25) is 0 Å². The number of hydrogen-bond acceptors (Lipinski definition) is 9. The highest BCUT2D eigenvalue weighted by Crippen LogP contribution is 2.24. The quantitative estimate of drug-likeness (QED) is 0.218. The van der Waals surface area contributed by atoms with Crippen LogP contribution in [0.5, 0.6) is 0 Å². The van der Waals surface area contributed by atoms with Gasteiger partial charge >= 0.3 is 18.3 Å². The summed E-state index contributed by atoms with van der Waals surface area (Å²) in [6.45, 7) is 31.1. The van der Waals surface area contributed by atoms with Crippen LogP contribution in [0.4, 0.5) is 14.4 Å². The van der Waals surface area contributed by atoms with Crippen LogP contribution >= 0.6 is 0 Å². The zero-order chi connectivity index (χ0) is 41.5. The number of amides is 3. The van der Waals surface area contributed by atoms with E-state index >= 15 is 0 Å². The summed E-state index contributed by atoms with van der Waals surface area (Å²) in [6, 6.07) is 0. The Labute approximate surface area is 330 Å². The van der Waals surface area contributed by atoms with Crippen molar-refractivity contribution in [1.29, 1.82) is 0 Å². The summed E-state index contributed by atoms with van der Waals surface area (Å²) in [5.41, 5.74) is 3.31. The minimum atomic E-state index is -0.436. The van der Waals surface area contributed by atoms with Crippen LogP contribution in [0.25, 0.3) is 0 Å². The second-order valence-corrected chi connectivity index (χ2v) is 18.2. The third kappa shape index (κ3) is 24.3. The largest absolute Gasteiger partial charge is 0.444 e. The number of carbonyl (C=O) groups excluding carboxylic acids is 3. The first-order valence-electron chi connectivity index (χ1n) is 21.0. The van der Waals surface area contributed by atoms with Crippen LogP contribution in [0.2, 0.25) is 0 Å². The smallest absolute Gasteiger partial charge is 0.410 e. The van der Waals surface area contributed by atoms with Crippen LogP contribution in [0.3, 0.4) is 0 Å². The topological polar surface area (TPSA) is 147 Å². The lowest BCUT2D eigenvalue weighted by atomic mass is 10.0. The Hall–Kier alpha value is -2.31. The molecule has 4 aliphatic heterocycles. The van der Waals surface area contributed by atoms with E-state index in [0.717, 1.165) is 51.4 Å². The number of carbonyl (C=O) groups is 3. The maximum Gasteiger partial charge on any atom is 0.410 e. The zero-order valence-electron chi connectivity index (χ0n) is 37.1. The molecule has 0 unspecified atom stereocenters. The summed E-state index contributed by atoms with van der Waals surface area (Å²) in [7, 11) is 1.50. The summed E-state index contributed by atoms with van der Waals surface area (Å²) in [6.07, 6.45) is 11.6. The Kier molecular flexibility index (Phi) is 25.4. The molecule has 12 heteroatoms. The van der Waals surface area contributed by atoms with Gasteiger partial charge in [-0.25, -0.2) is 14.4 Å². The maximum absolute atomic E-state index is 11.7. The van der Waals surface area contributed by atoms with E-state index in [1.807, 2.05) is 72.1 Å². The summed E-state index contributed by atoms with van der Waals surface area (Å²) < 4.78 is 15.9. The zero-order valence-corrected chi connectivity index (χ0v) is 37.1. The molecule has 0 spiro atoms. The van der Waals surface area contributed by atoms with Gasteiger partial charge in [0, 0.05) is 51.8 Å². The lowest BCUT2D eigenvalue weighted by Crippen LogP contribution is -2.35. The molecule has 4 aliphatic rings. The SMILES string of the molecule is CC(C)(C)OC(=O)N1CC[C@H](CO)C1.CCC[C@H]1CCN(C(=O)OC(C)(C)C)C1.CCC[C@H]1CCN(C(=O)OC(C)(C)C)C1.CCC[C@H]1CCNC1.CN. The van der Waals surface area contributed by atoms with E-state index in [4.69, 9.17) is 19.3 Å². The predicted octanol–water partition coefficient (Wildman–Crippen LogP) is 8.29. The van der Waals surface area contributed by atoms with Crippen molar-refractivity contribution in [2.45, 2.75) is 164 Å². The maximum atomic E-state index is 11.7. The van der Waals surface area contributed by atoms with Gasteiger partial charge in [0.05, 0.1) is 0 Å². The summed E-state index contributed by atoms with van der Waals surface area (Å²) >= 11 is 0. The minimum absolute atomic E-state index is 0.152. The van der Waals surface area contributed by atoms with Gasteiger partial charge < -0.3 is 45.1 Å². The highest BCUT2D eigenvalue weighted by atomic mass is 16.6. The van der Waals surface area contributed by atoms with E-state index in [9.17, 15) is 14.4 Å². The number of nitrogens with one attached hydrogen (secondary N) is 1. The first kappa shape index (κ1) is 51.7. The molecule has 4 N–H and O–H groups in total. The fourth-order valence-corrected chi connectivity index (χ4v) is 6.78. The van der Waals surface area contributed by atoms with E-state index in [0.29, 0.717) is 24.9 Å². The van der Waals surface area contributed by atoms with Gasteiger partial charge in [0.2, 0.25) is 0 Å². The van der Waals surface area contributed by atoms with Gasteiger partial charge in [0.25, 0.3) is 0 Å². The van der Waals surface area contributed by atoms with Crippen molar-refractivity contribution in [1.82, 2.24) is 20.0 Å².